The minimum atomic E-state index is -1.36. The second-order valence-corrected chi connectivity index (χ2v) is 11.9. The first-order chi connectivity index (χ1) is 20.5. The monoisotopic (exact) mass is 639 g/mol. The second-order valence-electron chi connectivity index (χ2n) is 10.0. The number of carbonyl (C=O) groups excluding carboxylic acids is 1. The maximum Gasteiger partial charge on any atom is 0.321 e. The number of ether oxygens (including phenoxy) is 3. The smallest absolute Gasteiger partial charge is 0.321 e. The highest BCUT2D eigenvalue weighted by Crippen LogP contribution is 2.58. The Bertz CT molecular complexity index is 1750. The fourth-order valence-electron chi connectivity index (χ4n) is 5.74. The van der Waals surface area contributed by atoms with Gasteiger partial charge in [-0.15, -0.1) is 0 Å². The van der Waals surface area contributed by atoms with Crippen molar-refractivity contribution in [1.29, 1.82) is 0 Å². The van der Waals surface area contributed by atoms with Gasteiger partial charge >= 0.3 is 5.85 Å². The number of rotatable bonds is 5. The van der Waals surface area contributed by atoms with E-state index in [0.29, 0.717) is 34.3 Å². The van der Waals surface area contributed by atoms with Gasteiger partial charge in [0.15, 0.2) is 11.5 Å². The number of nitrogens with zero attached hydrogens (tertiary/aromatic N) is 3. The molecule has 2 atom stereocenters. The molecule has 3 heterocycles. The molecule has 210 valence electrons. The second kappa shape index (κ2) is 10.6. The van der Waals surface area contributed by atoms with Crippen molar-refractivity contribution in [1.82, 2.24) is 5.01 Å². The van der Waals surface area contributed by atoms with E-state index in [9.17, 15) is 4.79 Å². The third-order valence-electron chi connectivity index (χ3n) is 7.63. The van der Waals surface area contributed by atoms with E-state index in [0.717, 1.165) is 38.6 Å². The highest BCUT2D eigenvalue weighted by molar-refractivity contribution is 9.10. The van der Waals surface area contributed by atoms with Crippen LogP contribution in [-0.2, 0) is 0 Å². The summed E-state index contributed by atoms with van der Waals surface area (Å²) in [6.07, 6.45) is 2.63. The quantitative estimate of drug-likeness (QED) is 0.220. The fraction of sp³-hybridized carbons (Fsp3) is 0.152. The number of carbonyl (C=O) groups is 1. The van der Waals surface area contributed by atoms with E-state index >= 15 is 0 Å². The molecule has 0 bridgehead atoms. The molecule has 1 spiro atoms. The number of methoxy groups -OCH3 is 2. The SMILES string of the molecule is COc1ccc(/C=C2\SC(=O)N(c3ccccc3)C23Oc2ccc(Br)cc2C2CC(c4ccccc4)=NN23)cc1OC. The Morgan fingerprint density at radius 1 is 0.952 bits per heavy atom. The number of fused-ring (bicyclic) bond motifs is 4. The van der Waals surface area contributed by atoms with Crippen LogP contribution < -0.4 is 19.1 Å². The van der Waals surface area contributed by atoms with Crippen molar-refractivity contribution < 1.29 is 19.0 Å². The first-order valence-electron chi connectivity index (χ1n) is 13.4. The number of amides is 1. The van der Waals surface area contributed by atoms with Gasteiger partial charge in [-0.05, 0) is 71.4 Å². The molecule has 9 heteroatoms. The number of hydrogen-bond donors (Lipinski definition) is 0. The van der Waals surface area contributed by atoms with E-state index in [1.165, 1.54) is 0 Å². The van der Waals surface area contributed by atoms with E-state index in [2.05, 4.69) is 34.1 Å². The normalized spacial score (nSPS) is 21.7. The maximum absolute atomic E-state index is 14.0. The summed E-state index contributed by atoms with van der Waals surface area (Å²) in [5.41, 5.74) is 4.53. The van der Waals surface area contributed by atoms with Gasteiger partial charge in [-0.25, -0.2) is 9.91 Å². The van der Waals surface area contributed by atoms with Crippen molar-refractivity contribution in [2.45, 2.75) is 18.3 Å². The summed E-state index contributed by atoms with van der Waals surface area (Å²) in [6, 6.07) is 31.3. The maximum atomic E-state index is 14.0. The van der Waals surface area contributed by atoms with Crippen LogP contribution in [0.2, 0.25) is 0 Å². The van der Waals surface area contributed by atoms with Crippen LogP contribution in [0, 0.1) is 0 Å². The lowest BCUT2D eigenvalue weighted by Gasteiger charge is -2.49. The van der Waals surface area contributed by atoms with Crippen molar-refractivity contribution in [2.75, 3.05) is 19.1 Å². The van der Waals surface area contributed by atoms with Crippen LogP contribution in [0.25, 0.3) is 6.08 Å². The summed E-state index contributed by atoms with van der Waals surface area (Å²) in [6.45, 7) is 0. The number of anilines is 1. The highest BCUT2D eigenvalue weighted by Gasteiger charge is 2.63. The lowest BCUT2D eigenvalue weighted by Crippen LogP contribution is -2.63. The van der Waals surface area contributed by atoms with Gasteiger partial charge < -0.3 is 14.2 Å². The Labute approximate surface area is 256 Å². The van der Waals surface area contributed by atoms with E-state index < -0.39 is 5.85 Å². The molecule has 2 unspecified atom stereocenters. The van der Waals surface area contributed by atoms with Gasteiger partial charge in [-0.1, -0.05) is 70.5 Å². The average molecular weight is 641 g/mol. The van der Waals surface area contributed by atoms with Crippen LogP contribution in [0.3, 0.4) is 0 Å². The predicted octanol–water partition coefficient (Wildman–Crippen LogP) is 8.08. The number of para-hydroxylation sites is 1. The molecule has 1 fully saturated rings. The van der Waals surface area contributed by atoms with E-state index in [1.54, 1.807) is 19.1 Å². The number of thioether (sulfide) groups is 1. The zero-order chi connectivity index (χ0) is 28.8. The minimum Gasteiger partial charge on any atom is -0.493 e. The van der Waals surface area contributed by atoms with E-state index in [-0.39, 0.29) is 11.3 Å². The molecule has 1 saturated heterocycles. The Morgan fingerprint density at radius 2 is 1.69 bits per heavy atom. The van der Waals surface area contributed by atoms with Crippen molar-refractivity contribution in [2.24, 2.45) is 5.10 Å². The van der Waals surface area contributed by atoms with Crippen molar-refractivity contribution in [3.05, 3.63) is 123 Å². The largest absolute Gasteiger partial charge is 0.493 e. The fourth-order valence-corrected chi connectivity index (χ4v) is 7.18. The average Bonchev–Trinajstić information content (AvgIpc) is 3.59. The first-order valence-corrected chi connectivity index (χ1v) is 15.0. The summed E-state index contributed by atoms with van der Waals surface area (Å²) < 4.78 is 19.0. The molecule has 7 rings (SSSR count). The topological polar surface area (TPSA) is 63.6 Å². The summed E-state index contributed by atoms with van der Waals surface area (Å²) in [4.78, 5) is 16.4. The van der Waals surface area contributed by atoms with Crippen LogP contribution in [0.4, 0.5) is 10.5 Å². The van der Waals surface area contributed by atoms with Gasteiger partial charge in [0, 0.05) is 16.5 Å². The van der Waals surface area contributed by atoms with Crippen LogP contribution in [-0.4, -0.2) is 36.0 Å². The van der Waals surface area contributed by atoms with Crippen LogP contribution in [0.1, 0.15) is 29.2 Å². The van der Waals surface area contributed by atoms with Gasteiger partial charge in [0.2, 0.25) is 0 Å². The molecule has 4 aromatic rings. The van der Waals surface area contributed by atoms with E-state index in [4.69, 9.17) is 19.3 Å². The molecule has 7 nitrogen and oxygen atoms in total. The number of hydrazone groups is 1. The van der Waals surface area contributed by atoms with Gasteiger partial charge in [-0.3, -0.25) is 4.79 Å². The molecule has 0 aliphatic carbocycles. The summed E-state index contributed by atoms with van der Waals surface area (Å²) >= 11 is 4.80. The highest BCUT2D eigenvalue weighted by atomic mass is 79.9. The molecule has 3 aliphatic heterocycles. The minimum absolute atomic E-state index is 0.157. The molecule has 4 aromatic carbocycles. The first kappa shape index (κ1) is 26.7. The Balaban J connectivity index is 1.48. The summed E-state index contributed by atoms with van der Waals surface area (Å²) in [5, 5.41) is 7.04. The number of benzene rings is 4. The van der Waals surface area contributed by atoms with Crippen molar-refractivity contribution in [3.63, 3.8) is 0 Å². The lowest BCUT2D eigenvalue weighted by molar-refractivity contribution is -0.0763. The zero-order valence-corrected chi connectivity index (χ0v) is 25.3. The molecule has 1 amide bonds. The van der Waals surface area contributed by atoms with Gasteiger partial charge in [0.1, 0.15) is 5.75 Å². The standard InChI is InChI=1S/C33H26BrN3O4S/c1-39-29-15-13-21(17-30(29)40-2)18-31-33(36(32(38)42-31)24-11-7-4-8-12-24)37-27(25-19-23(34)14-16-28(25)41-33)20-26(35-37)22-9-5-3-6-10-22/h3-19,27H,20H2,1-2H3/b31-18-. The predicted molar refractivity (Wildman–Crippen MR) is 169 cm³/mol. The number of hydrogen-bond acceptors (Lipinski definition) is 7. The molecular formula is C33H26BrN3O4S. The molecule has 0 radical (unpaired) electrons. The Morgan fingerprint density at radius 3 is 2.43 bits per heavy atom. The van der Waals surface area contributed by atoms with E-state index in [1.807, 2.05) is 89.9 Å². The van der Waals surface area contributed by atoms with Crippen LogP contribution >= 0.6 is 27.7 Å². The molecule has 3 aliphatic rings. The molecular weight excluding hydrogens is 614 g/mol. The summed E-state index contributed by atoms with van der Waals surface area (Å²) in [5.74, 6) is 0.565. The van der Waals surface area contributed by atoms with Crippen LogP contribution in [0.15, 0.2) is 112 Å². The number of halogens is 1. The Hall–Kier alpha value is -4.21. The van der Waals surface area contributed by atoms with Gasteiger partial charge in [0.05, 0.1) is 36.6 Å². The van der Waals surface area contributed by atoms with Crippen LogP contribution in [0.5, 0.6) is 17.2 Å². The molecule has 0 N–H and O–H groups in total. The van der Waals surface area contributed by atoms with Gasteiger partial charge in [-0.2, -0.15) is 5.10 Å². The third-order valence-corrected chi connectivity index (χ3v) is 9.09. The zero-order valence-electron chi connectivity index (χ0n) is 22.9. The molecule has 0 saturated carbocycles. The third kappa shape index (κ3) is 4.26. The lowest BCUT2D eigenvalue weighted by atomic mass is 9.95. The Kier molecular flexibility index (Phi) is 6.71. The van der Waals surface area contributed by atoms with Crippen molar-refractivity contribution >= 4 is 50.4 Å². The van der Waals surface area contributed by atoms with Gasteiger partial charge in [0.25, 0.3) is 5.24 Å². The van der Waals surface area contributed by atoms with Crippen molar-refractivity contribution in [3.8, 4) is 17.2 Å². The molecule has 42 heavy (non-hydrogen) atoms. The summed E-state index contributed by atoms with van der Waals surface area (Å²) in [7, 11) is 3.21. The molecule has 0 aromatic heterocycles.